The third-order valence-corrected chi connectivity index (χ3v) is 6.01. The van der Waals surface area contributed by atoms with Gasteiger partial charge in [-0.25, -0.2) is 19.3 Å². The van der Waals surface area contributed by atoms with Gasteiger partial charge < -0.3 is 19.5 Å². The van der Waals surface area contributed by atoms with Gasteiger partial charge in [0.05, 0.1) is 27.3 Å². The topological polar surface area (TPSA) is 103 Å². The standard InChI is InChI=1S/C25H27FN8O2/c1-15-5-6-17(9-19(15)26)11-34-18(14-36-4)12-33-13-20(29-23(33)24(34)35)22-16(2)10-27-25(31-22)30-21-7-8-28-32(21)3/h5-10,13,18H,11-12,14H2,1-4H3,(H,27,30,31)/t18-/m0/s1/i11D2. The molecule has 5 rings (SSSR count). The Bertz CT molecular complexity index is 1520. The van der Waals surface area contributed by atoms with Gasteiger partial charge in [0, 0.05) is 45.7 Å². The molecule has 4 heterocycles. The molecule has 1 atom stereocenters. The maximum absolute atomic E-state index is 14.3. The third kappa shape index (κ3) is 4.44. The Morgan fingerprint density at radius 3 is 2.81 bits per heavy atom. The molecular formula is C25H27FN8O2. The molecule has 0 bridgehead atoms. The number of ether oxygens (including phenoxy) is 1. The fourth-order valence-electron chi connectivity index (χ4n) is 4.06. The molecule has 3 aromatic heterocycles. The molecule has 0 unspecified atom stereocenters. The van der Waals surface area contributed by atoms with Crippen LogP contribution in [-0.2, 0) is 24.8 Å². The smallest absolute Gasteiger partial charge is 0.290 e. The van der Waals surface area contributed by atoms with Gasteiger partial charge in [0.25, 0.3) is 5.91 Å². The number of rotatable bonds is 7. The lowest BCUT2D eigenvalue weighted by molar-refractivity contribution is 0.0380. The molecule has 4 aromatic rings. The van der Waals surface area contributed by atoms with Crippen molar-refractivity contribution < 1.29 is 16.7 Å². The first-order chi connectivity index (χ1) is 18.1. The highest BCUT2D eigenvalue weighted by Crippen LogP contribution is 2.27. The van der Waals surface area contributed by atoms with E-state index in [0.29, 0.717) is 28.7 Å². The second-order valence-corrected chi connectivity index (χ2v) is 8.65. The SMILES string of the molecule is [2H]C([2H])(c1ccc(C)c(F)c1)N1C(=O)c2nc(-c3nc(Nc4ccnn4C)ncc3C)cn2C[C@H]1COC. The number of imidazole rings is 1. The minimum absolute atomic E-state index is 0.0350. The van der Waals surface area contributed by atoms with Crippen LogP contribution in [-0.4, -0.2) is 59.9 Å². The van der Waals surface area contributed by atoms with Gasteiger partial charge in [-0.05, 0) is 36.6 Å². The number of amides is 1. The molecule has 1 aliphatic rings. The number of aromatic nitrogens is 6. The summed E-state index contributed by atoms with van der Waals surface area (Å²) in [5.74, 6) is -0.0776. The molecule has 1 amide bonds. The number of carbonyl (C=O) groups is 1. The molecule has 0 saturated heterocycles. The lowest BCUT2D eigenvalue weighted by Crippen LogP contribution is -2.49. The number of benzene rings is 1. The van der Waals surface area contributed by atoms with Crippen LogP contribution in [0.25, 0.3) is 11.4 Å². The highest BCUT2D eigenvalue weighted by molar-refractivity contribution is 5.92. The van der Waals surface area contributed by atoms with E-state index in [1.165, 1.54) is 19.2 Å². The molecule has 0 aliphatic carbocycles. The molecule has 186 valence electrons. The number of nitrogens with zero attached hydrogens (tertiary/aromatic N) is 7. The maximum atomic E-state index is 14.3. The second-order valence-electron chi connectivity index (χ2n) is 8.65. The minimum Gasteiger partial charge on any atom is -0.382 e. The van der Waals surface area contributed by atoms with Crippen LogP contribution in [0.15, 0.2) is 42.9 Å². The van der Waals surface area contributed by atoms with Crippen LogP contribution in [0.4, 0.5) is 16.2 Å². The van der Waals surface area contributed by atoms with Gasteiger partial charge in [0.2, 0.25) is 5.95 Å². The van der Waals surface area contributed by atoms with Crippen molar-refractivity contribution in [3.8, 4) is 11.4 Å². The van der Waals surface area contributed by atoms with Crippen LogP contribution >= 0.6 is 0 Å². The van der Waals surface area contributed by atoms with Crippen molar-refractivity contribution >= 4 is 17.7 Å². The van der Waals surface area contributed by atoms with Gasteiger partial charge in [-0.2, -0.15) is 5.10 Å². The molecule has 0 spiro atoms. The zero-order valence-electron chi connectivity index (χ0n) is 22.4. The van der Waals surface area contributed by atoms with E-state index < -0.39 is 24.3 Å². The van der Waals surface area contributed by atoms with Crippen LogP contribution in [0.1, 0.15) is 30.1 Å². The summed E-state index contributed by atoms with van der Waals surface area (Å²) in [7, 11) is 3.28. The summed E-state index contributed by atoms with van der Waals surface area (Å²) in [5, 5.41) is 7.23. The third-order valence-electron chi connectivity index (χ3n) is 6.01. The Hall–Kier alpha value is -4.12. The number of anilines is 2. The molecule has 0 fully saturated rings. The Morgan fingerprint density at radius 2 is 2.08 bits per heavy atom. The molecule has 0 radical (unpaired) electrons. The van der Waals surface area contributed by atoms with Crippen molar-refractivity contribution in [2.75, 3.05) is 19.0 Å². The Morgan fingerprint density at radius 1 is 1.25 bits per heavy atom. The number of hydrogen-bond donors (Lipinski definition) is 1. The number of aryl methyl sites for hydroxylation is 3. The van der Waals surface area contributed by atoms with Crippen LogP contribution < -0.4 is 5.32 Å². The summed E-state index contributed by atoms with van der Waals surface area (Å²) >= 11 is 0. The van der Waals surface area contributed by atoms with Gasteiger partial charge in [0.15, 0.2) is 5.82 Å². The molecular weight excluding hydrogens is 463 g/mol. The van der Waals surface area contributed by atoms with Crippen LogP contribution in [0.2, 0.25) is 0 Å². The van der Waals surface area contributed by atoms with Gasteiger partial charge in [-0.15, -0.1) is 0 Å². The number of halogens is 1. The van der Waals surface area contributed by atoms with Gasteiger partial charge >= 0.3 is 0 Å². The Kier molecular flexibility index (Phi) is 5.59. The van der Waals surface area contributed by atoms with Gasteiger partial charge in [-0.3, -0.25) is 9.48 Å². The van der Waals surface area contributed by atoms with E-state index in [2.05, 4.69) is 25.4 Å². The molecule has 10 nitrogen and oxygen atoms in total. The van der Waals surface area contributed by atoms with E-state index in [1.807, 2.05) is 6.92 Å². The predicted molar refractivity (Wildman–Crippen MR) is 131 cm³/mol. The molecule has 36 heavy (non-hydrogen) atoms. The van der Waals surface area contributed by atoms with E-state index in [9.17, 15) is 9.18 Å². The first-order valence-electron chi connectivity index (χ1n) is 12.4. The summed E-state index contributed by atoms with van der Waals surface area (Å²) in [6.45, 7) is 1.45. The van der Waals surface area contributed by atoms with E-state index in [-0.39, 0.29) is 24.5 Å². The first-order valence-corrected chi connectivity index (χ1v) is 11.4. The van der Waals surface area contributed by atoms with Gasteiger partial charge in [0.1, 0.15) is 17.3 Å². The lowest BCUT2D eigenvalue weighted by Gasteiger charge is -2.35. The first kappa shape index (κ1) is 21.2. The lowest BCUT2D eigenvalue weighted by atomic mass is 10.1. The van der Waals surface area contributed by atoms with Crippen molar-refractivity contribution in [1.82, 2.24) is 34.2 Å². The molecule has 0 saturated carbocycles. The summed E-state index contributed by atoms with van der Waals surface area (Å²) in [4.78, 5) is 28.3. The quantitative estimate of drug-likeness (QED) is 0.422. The highest BCUT2D eigenvalue weighted by Gasteiger charge is 2.35. The van der Waals surface area contributed by atoms with E-state index in [0.717, 1.165) is 16.5 Å². The highest BCUT2D eigenvalue weighted by atomic mass is 19.1. The number of nitrogens with one attached hydrogen (secondary N) is 1. The van der Waals surface area contributed by atoms with Crippen molar-refractivity contribution in [3.05, 3.63) is 71.2 Å². The van der Waals surface area contributed by atoms with Crippen molar-refractivity contribution in [2.24, 2.45) is 7.05 Å². The van der Waals surface area contributed by atoms with Gasteiger partial charge in [-0.1, -0.05) is 12.1 Å². The molecule has 1 aliphatic heterocycles. The monoisotopic (exact) mass is 492 g/mol. The minimum atomic E-state index is -2.31. The number of methoxy groups -OCH3 is 1. The second kappa shape index (κ2) is 9.50. The fourth-order valence-corrected chi connectivity index (χ4v) is 4.06. The Labute approximate surface area is 210 Å². The van der Waals surface area contributed by atoms with Crippen molar-refractivity contribution in [3.63, 3.8) is 0 Å². The average Bonchev–Trinajstić information content (AvgIpc) is 3.48. The van der Waals surface area contributed by atoms with E-state index in [1.54, 1.807) is 47.9 Å². The molecule has 1 N–H and O–H groups in total. The zero-order valence-corrected chi connectivity index (χ0v) is 20.4. The summed E-state index contributed by atoms with van der Waals surface area (Å²) in [6, 6.07) is 5.24. The van der Waals surface area contributed by atoms with Crippen LogP contribution in [0, 0.1) is 19.7 Å². The Balaban J connectivity index is 1.52. The predicted octanol–water partition coefficient (Wildman–Crippen LogP) is 3.24. The van der Waals surface area contributed by atoms with Crippen LogP contribution in [0.5, 0.6) is 0 Å². The van der Waals surface area contributed by atoms with Crippen molar-refractivity contribution in [2.45, 2.75) is 32.9 Å². The largest absolute Gasteiger partial charge is 0.382 e. The molecule has 1 aromatic carbocycles. The molecule has 11 heteroatoms. The summed E-state index contributed by atoms with van der Waals surface area (Å²) in [6.07, 6.45) is 5.03. The van der Waals surface area contributed by atoms with E-state index in [4.69, 9.17) is 7.48 Å². The van der Waals surface area contributed by atoms with E-state index >= 15 is 0 Å². The summed E-state index contributed by atoms with van der Waals surface area (Å²) in [5.41, 5.74) is 2.15. The maximum Gasteiger partial charge on any atom is 0.290 e. The van der Waals surface area contributed by atoms with Crippen LogP contribution in [0.3, 0.4) is 0 Å². The normalized spacial score (nSPS) is 16.5. The fraction of sp³-hybridized carbons (Fsp3) is 0.320. The number of hydrogen-bond acceptors (Lipinski definition) is 7. The number of fused-ring (bicyclic) bond motifs is 1. The average molecular weight is 493 g/mol. The summed E-state index contributed by atoms with van der Waals surface area (Å²) < 4.78 is 40.6. The van der Waals surface area contributed by atoms with Crippen molar-refractivity contribution in [1.29, 1.82) is 0 Å². The zero-order chi connectivity index (χ0) is 27.2. The number of carbonyl (C=O) groups excluding carboxylic acids is 1.